The monoisotopic (exact) mass is 203 g/mol. The summed E-state index contributed by atoms with van der Waals surface area (Å²) >= 11 is 0. The molecular formula is C12H13NO2. The molecule has 0 aliphatic heterocycles. The SMILES string of the molecule is CC(C)(O)C(=O)n1ccc2ccccc21. The zero-order valence-electron chi connectivity index (χ0n) is 8.77. The minimum Gasteiger partial charge on any atom is -0.381 e. The van der Waals surface area contributed by atoms with Crippen molar-refractivity contribution in [2.45, 2.75) is 19.4 Å². The third kappa shape index (κ3) is 1.66. The maximum atomic E-state index is 11.9. The fourth-order valence-electron chi connectivity index (χ4n) is 1.55. The number of carbonyl (C=O) groups excluding carboxylic acids is 1. The molecule has 2 rings (SSSR count). The van der Waals surface area contributed by atoms with E-state index in [1.54, 1.807) is 6.20 Å². The van der Waals surface area contributed by atoms with Gasteiger partial charge in [0.1, 0.15) is 5.60 Å². The molecule has 78 valence electrons. The largest absolute Gasteiger partial charge is 0.381 e. The normalized spacial score (nSPS) is 11.9. The minimum atomic E-state index is -1.35. The molecule has 1 aromatic carbocycles. The molecule has 3 heteroatoms. The van der Waals surface area contributed by atoms with Gasteiger partial charge in [-0.3, -0.25) is 9.36 Å². The van der Waals surface area contributed by atoms with Crippen LogP contribution in [0.1, 0.15) is 18.6 Å². The van der Waals surface area contributed by atoms with Crippen molar-refractivity contribution in [3.8, 4) is 0 Å². The van der Waals surface area contributed by atoms with E-state index in [-0.39, 0.29) is 5.91 Å². The Labute approximate surface area is 87.9 Å². The van der Waals surface area contributed by atoms with Gasteiger partial charge in [-0.25, -0.2) is 0 Å². The second-order valence-electron chi connectivity index (χ2n) is 4.11. The molecule has 0 saturated heterocycles. The number of hydrogen-bond donors (Lipinski definition) is 1. The van der Waals surface area contributed by atoms with Gasteiger partial charge in [-0.2, -0.15) is 0 Å². The Kier molecular flexibility index (Phi) is 2.12. The molecule has 1 heterocycles. The van der Waals surface area contributed by atoms with E-state index >= 15 is 0 Å². The quantitative estimate of drug-likeness (QED) is 0.770. The Balaban J connectivity index is 2.58. The molecule has 0 fully saturated rings. The second-order valence-corrected chi connectivity index (χ2v) is 4.11. The molecule has 2 aromatic rings. The number of fused-ring (bicyclic) bond motifs is 1. The van der Waals surface area contributed by atoms with Crippen LogP contribution < -0.4 is 0 Å². The number of hydrogen-bond acceptors (Lipinski definition) is 2. The predicted octanol–water partition coefficient (Wildman–Crippen LogP) is 2.05. The minimum absolute atomic E-state index is 0.316. The first-order valence-electron chi connectivity index (χ1n) is 4.83. The first-order valence-corrected chi connectivity index (χ1v) is 4.83. The summed E-state index contributed by atoms with van der Waals surface area (Å²) in [5.74, 6) is -0.316. The number of aliphatic hydroxyl groups is 1. The van der Waals surface area contributed by atoms with Crippen LogP contribution in [0.4, 0.5) is 0 Å². The number of benzene rings is 1. The van der Waals surface area contributed by atoms with Gasteiger partial charge in [0.2, 0.25) is 0 Å². The van der Waals surface area contributed by atoms with E-state index in [4.69, 9.17) is 0 Å². The maximum absolute atomic E-state index is 11.9. The summed E-state index contributed by atoms with van der Waals surface area (Å²) in [6, 6.07) is 9.44. The van der Waals surface area contributed by atoms with E-state index in [2.05, 4.69) is 0 Å². The lowest BCUT2D eigenvalue weighted by atomic mass is 10.1. The van der Waals surface area contributed by atoms with Gasteiger partial charge in [-0.1, -0.05) is 18.2 Å². The van der Waals surface area contributed by atoms with Gasteiger partial charge in [0.15, 0.2) is 0 Å². The maximum Gasteiger partial charge on any atom is 0.262 e. The molecule has 1 N–H and O–H groups in total. The lowest BCUT2D eigenvalue weighted by Gasteiger charge is -2.16. The number of nitrogens with zero attached hydrogens (tertiary/aromatic N) is 1. The van der Waals surface area contributed by atoms with E-state index in [0.29, 0.717) is 0 Å². The second kappa shape index (κ2) is 3.21. The van der Waals surface area contributed by atoms with E-state index in [1.807, 2.05) is 30.3 Å². The number of carbonyl (C=O) groups is 1. The Bertz CT molecular complexity index is 506. The Hall–Kier alpha value is -1.61. The predicted molar refractivity (Wildman–Crippen MR) is 58.9 cm³/mol. The van der Waals surface area contributed by atoms with Crippen LogP contribution in [0, 0.1) is 0 Å². The van der Waals surface area contributed by atoms with Crippen molar-refractivity contribution >= 4 is 16.8 Å². The van der Waals surface area contributed by atoms with Crippen LogP contribution in [0.5, 0.6) is 0 Å². The molecule has 0 bridgehead atoms. The van der Waals surface area contributed by atoms with Crippen LogP contribution in [-0.2, 0) is 0 Å². The average molecular weight is 203 g/mol. The van der Waals surface area contributed by atoms with Crippen molar-refractivity contribution in [3.05, 3.63) is 36.5 Å². The summed E-state index contributed by atoms with van der Waals surface area (Å²) in [6.45, 7) is 2.98. The summed E-state index contributed by atoms with van der Waals surface area (Å²) in [4.78, 5) is 11.9. The molecule has 15 heavy (non-hydrogen) atoms. The van der Waals surface area contributed by atoms with Crippen LogP contribution in [0.3, 0.4) is 0 Å². The molecule has 3 nitrogen and oxygen atoms in total. The molecule has 0 radical (unpaired) electrons. The van der Waals surface area contributed by atoms with Crippen molar-refractivity contribution in [1.82, 2.24) is 4.57 Å². The van der Waals surface area contributed by atoms with Crippen LogP contribution >= 0.6 is 0 Å². The molecule has 0 aliphatic carbocycles. The van der Waals surface area contributed by atoms with Crippen molar-refractivity contribution in [2.24, 2.45) is 0 Å². The summed E-state index contributed by atoms with van der Waals surface area (Å²) in [5, 5.41) is 10.6. The smallest absolute Gasteiger partial charge is 0.262 e. The van der Waals surface area contributed by atoms with Crippen LogP contribution in [-0.4, -0.2) is 21.2 Å². The summed E-state index contributed by atoms with van der Waals surface area (Å²) < 4.78 is 1.48. The van der Waals surface area contributed by atoms with Gasteiger partial charge < -0.3 is 5.11 Å². The number of para-hydroxylation sites is 1. The van der Waals surface area contributed by atoms with Crippen molar-refractivity contribution < 1.29 is 9.90 Å². The van der Waals surface area contributed by atoms with E-state index in [0.717, 1.165) is 10.9 Å². The molecule has 1 aromatic heterocycles. The zero-order valence-corrected chi connectivity index (χ0v) is 8.77. The molecule has 0 aliphatic rings. The Morgan fingerprint density at radius 3 is 2.60 bits per heavy atom. The van der Waals surface area contributed by atoms with E-state index < -0.39 is 5.60 Å². The molecule has 0 saturated carbocycles. The van der Waals surface area contributed by atoms with Crippen molar-refractivity contribution in [1.29, 1.82) is 0 Å². The highest BCUT2D eigenvalue weighted by Gasteiger charge is 2.25. The fourth-order valence-corrected chi connectivity index (χ4v) is 1.55. The van der Waals surface area contributed by atoms with Gasteiger partial charge in [0, 0.05) is 11.6 Å². The van der Waals surface area contributed by atoms with Gasteiger partial charge in [-0.15, -0.1) is 0 Å². The van der Waals surface area contributed by atoms with Crippen molar-refractivity contribution in [3.63, 3.8) is 0 Å². The summed E-state index contributed by atoms with van der Waals surface area (Å²) in [7, 11) is 0. The Morgan fingerprint density at radius 1 is 1.27 bits per heavy atom. The first kappa shape index (κ1) is 9.93. The number of rotatable bonds is 1. The molecule has 0 unspecified atom stereocenters. The highest BCUT2D eigenvalue weighted by molar-refractivity contribution is 5.96. The third-order valence-electron chi connectivity index (χ3n) is 2.34. The fraction of sp³-hybridized carbons (Fsp3) is 0.250. The summed E-state index contributed by atoms with van der Waals surface area (Å²) in [5.41, 5.74) is -0.522. The standard InChI is InChI=1S/C12H13NO2/c1-12(2,15)11(14)13-8-7-9-5-3-4-6-10(9)13/h3-8,15H,1-2H3. The van der Waals surface area contributed by atoms with Crippen LogP contribution in [0.15, 0.2) is 36.5 Å². The van der Waals surface area contributed by atoms with Gasteiger partial charge >= 0.3 is 0 Å². The van der Waals surface area contributed by atoms with E-state index in [1.165, 1.54) is 18.4 Å². The lowest BCUT2D eigenvalue weighted by Crippen LogP contribution is -2.35. The topological polar surface area (TPSA) is 42.2 Å². The molecular weight excluding hydrogens is 190 g/mol. The number of aromatic nitrogens is 1. The van der Waals surface area contributed by atoms with Gasteiger partial charge in [0.25, 0.3) is 5.91 Å². The van der Waals surface area contributed by atoms with Crippen LogP contribution in [0.2, 0.25) is 0 Å². The van der Waals surface area contributed by atoms with E-state index in [9.17, 15) is 9.90 Å². The average Bonchev–Trinajstić information content (AvgIpc) is 2.58. The van der Waals surface area contributed by atoms with Gasteiger partial charge in [0.05, 0.1) is 5.52 Å². The Morgan fingerprint density at radius 2 is 1.93 bits per heavy atom. The van der Waals surface area contributed by atoms with Gasteiger partial charge in [-0.05, 0) is 26.0 Å². The van der Waals surface area contributed by atoms with Crippen molar-refractivity contribution in [2.75, 3.05) is 0 Å². The molecule has 0 amide bonds. The highest BCUT2D eigenvalue weighted by atomic mass is 16.3. The summed E-state index contributed by atoms with van der Waals surface area (Å²) in [6.07, 6.45) is 1.69. The van der Waals surface area contributed by atoms with Crippen LogP contribution in [0.25, 0.3) is 10.9 Å². The zero-order chi connectivity index (χ0) is 11.1. The highest BCUT2D eigenvalue weighted by Crippen LogP contribution is 2.17. The molecule has 0 atom stereocenters. The first-order chi connectivity index (χ1) is 7.00. The molecule has 0 spiro atoms. The third-order valence-corrected chi connectivity index (χ3v) is 2.34. The lowest BCUT2D eigenvalue weighted by molar-refractivity contribution is 0.0398.